The van der Waals surface area contributed by atoms with Crippen molar-refractivity contribution in [2.24, 2.45) is 0 Å². The van der Waals surface area contributed by atoms with Crippen molar-refractivity contribution >= 4 is 39.0 Å². The summed E-state index contributed by atoms with van der Waals surface area (Å²) in [5.41, 5.74) is 2.46. The largest absolute Gasteiger partial charge is 0.478 e. The number of carbonyl (C=O) groups is 2. The monoisotopic (exact) mass is 387 g/mol. The number of thiophene rings is 1. The van der Waals surface area contributed by atoms with E-state index in [1.807, 2.05) is 72.8 Å². The van der Waals surface area contributed by atoms with Gasteiger partial charge in [-0.1, -0.05) is 72.8 Å². The molecule has 3 aromatic carbocycles. The number of carboxylic acids is 1. The van der Waals surface area contributed by atoms with Crippen molar-refractivity contribution in [3.8, 4) is 11.1 Å². The average Bonchev–Trinajstić information content (AvgIpc) is 3.12. The van der Waals surface area contributed by atoms with Crippen molar-refractivity contribution in [3.63, 3.8) is 0 Å². The first-order valence-corrected chi connectivity index (χ1v) is 9.68. The molecule has 0 aliphatic carbocycles. The molecule has 0 saturated heterocycles. The number of nitrogens with one attached hydrogen (secondary N) is 1. The second kappa shape index (κ2) is 7.66. The second-order valence-electron chi connectivity index (χ2n) is 6.39. The smallest absolute Gasteiger partial charge is 0.339 e. The van der Waals surface area contributed by atoms with Gasteiger partial charge in [-0.2, -0.15) is 0 Å². The lowest BCUT2D eigenvalue weighted by Gasteiger charge is -2.08. The first-order valence-electron chi connectivity index (χ1n) is 8.80. The van der Waals surface area contributed by atoms with Crippen molar-refractivity contribution in [3.05, 3.63) is 89.3 Å². The Kier molecular flexibility index (Phi) is 4.91. The zero-order valence-electron chi connectivity index (χ0n) is 14.9. The number of benzene rings is 3. The molecule has 0 fully saturated rings. The number of hydrogen-bond donors (Lipinski definition) is 2. The Hall–Kier alpha value is -3.44. The van der Waals surface area contributed by atoms with Crippen molar-refractivity contribution in [2.45, 2.75) is 6.42 Å². The lowest BCUT2D eigenvalue weighted by molar-refractivity contribution is -0.115. The van der Waals surface area contributed by atoms with Gasteiger partial charge in [-0.3, -0.25) is 4.79 Å². The maximum absolute atomic E-state index is 12.6. The van der Waals surface area contributed by atoms with E-state index in [9.17, 15) is 14.7 Å². The summed E-state index contributed by atoms with van der Waals surface area (Å²) in [6.45, 7) is 0. The Morgan fingerprint density at radius 3 is 2.39 bits per heavy atom. The van der Waals surface area contributed by atoms with Crippen LogP contribution in [0.3, 0.4) is 0 Å². The second-order valence-corrected chi connectivity index (χ2v) is 7.27. The van der Waals surface area contributed by atoms with Gasteiger partial charge >= 0.3 is 5.97 Å². The highest BCUT2D eigenvalue weighted by Crippen LogP contribution is 2.35. The molecule has 0 saturated carbocycles. The Bertz CT molecular complexity index is 1160. The van der Waals surface area contributed by atoms with Gasteiger partial charge in [-0.05, 0) is 21.9 Å². The molecule has 2 N–H and O–H groups in total. The maximum Gasteiger partial charge on any atom is 0.339 e. The summed E-state index contributed by atoms with van der Waals surface area (Å²) in [6.07, 6.45) is 0.180. The van der Waals surface area contributed by atoms with E-state index in [2.05, 4.69) is 5.32 Å². The number of aromatic carboxylic acids is 1. The van der Waals surface area contributed by atoms with Crippen LogP contribution in [0.15, 0.2) is 78.2 Å². The number of fused-ring (bicyclic) bond motifs is 1. The molecule has 5 heteroatoms. The van der Waals surface area contributed by atoms with E-state index in [0.29, 0.717) is 10.6 Å². The third-order valence-electron chi connectivity index (χ3n) is 4.57. The van der Waals surface area contributed by atoms with Gasteiger partial charge in [-0.25, -0.2) is 4.79 Å². The van der Waals surface area contributed by atoms with Crippen LogP contribution < -0.4 is 5.32 Å². The van der Waals surface area contributed by atoms with E-state index in [1.165, 1.54) is 11.3 Å². The normalized spacial score (nSPS) is 10.7. The third-order valence-corrected chi connectivity index (χ3v) is 5.47. The zero-order chi connectivity index (χ0) is 19.5. The third kappa shape index (κ3) is 3.52. The molecule has 0 radical (unpaired) electrons. The molecule has 1 aromatic heterocycles. The van der Waals surface area contributed by atoms with E-state index in [4.69, 9.17) is 0 Å². The Morgan fingerprint density at radius 1 is 0.893 bits per heavy atom. The van der Waals surface area contributed by atoms with Crippen LogP contribution in [-0.4, -0.2) is 17.0 Å². The van der Waals surface area contributed by atoms with Crippen LogP contribution in [0.25, 0.3) is 21.9 Å². The summed E-state index contributed by atoms with van der Waals surface area (Å²) in [6, 6.07) is 23.1. The van der Waals surface area contributed by atoms with Gasteiger partial charge in [0.1, 0.15) is 10.6 Å². The van der Waals surface area contributed by atoms with Gasteiger partial charge < -0.3 is 10.4 Å². The minimum absolute atomic E-state index is 0.127. The summed E-state index contributed by atoms with van der Waals surface area (Å²) < 4.78 is 0. The Balaban J connectivity index is 1.61. The minimum atomic E-state index is -1.06. The van der Waals surface area contributed by atoms with Crippen LogP contribution >= 0.6 is 11.3 Å². The number of rotatable bonds is 5. The minimum Gasteiger partial charge on any atom is -0.478 e. The summed E-state index contributed by atoms with van der Waals surface area (Å²) >= 11 is 1.23. The fourth-order valence-corrected chi connectivity index (χ4v) is 4.26. The van der Waals surface area contributed by atoms with Crippen LogP contribution in [0.4, 0.5) is 5.00 Å². The molecular formula is C23H17NO3S. The molecule has 1 amide bonds. The van der Waals surface area contributed by atoms with E-state index in [-0.39, 0.29) is 17.9 Å². The summed E-state index contributed by atoms with van der Waals surface area (Å²) in [7, 11) is 0. The molecule has 4 rings (SSSR count). The Morgan fingerprint density at radius 2 is 1.61 bits per heavy atom. The SMILES string of the molecule is O=C(Cc1cccc2ccccc12)Nc1scc(-c2ccccc2)c1C(=O)O. The van der Waals surface area contributed by atoms with E-state index in [1.54, 1.807) is 5.38 Å². The molecule has 0 unspecified atom stereocenters. The quantitative estimate of drug-likeness (QED) is 0.479. The van der Waals surface area contributed by atoms with Gasteiger partial charge in [-0.15, -0.1) is 11.3 Å². The van der Waals surface area contributed by atoms with Crippen molar-refractivity contribution in [1.82, 2.24) is 0 Å². The van der Waals surface area contributed by atoms with Crippen molar-refractivity contribution < 1.29 is 14.7 Å². The van der Waals surface area contributed by atoms with E-state index >= 15 is 0 Å². The topological polar surface area (TPSA) is 66.4 Å². The number of hydrogen-bond acceptors (Lipinski definition) is 3. The number of carboxylic acid groups (broad SMARTS) is 1. The molecule has 28 heavy (non-hydrogen) atoms. The van der Waals surface area contributed by atoms with Crippen LogP contribution in [-0.2, 0) is 11.2 Å². The first-order chi connectivity index (χ1) is 13.6. The molecule has 0 atom stereocenters. The molecule has 4 aromatic rings. The summed E-state index contributed by atoms with van der Waals surface area (Å²) in [5, 5.41) is 16.7. The van der Waals surface area contributed by atoms with Gasteiger partial charge in [0.05, 0.1) is 6.42 Å². The molecule has 0 bridgehead atoms. The summed E-state index contributed by atoms with van der Waals surface area (Å²) in [4.78, 5) is 24.5. The molecule has 0 spiro atoms. The standard InChI is InChI=1S/C23H17NO3S/c25-20(13-17-11-6-10-15-9-4-5-12-18(15)17)24-22-21(23(26)27)19(14-28-22)16-7-2-1-3-8-16/h1-12,14H,13H2,(H,24,25)(H,26,27). The van der Waals surface area contributed by atoms with Crippen molar-refractivity contribution in [1.29, 1.82) is 0 Å². The van der Waals surface area contributed by atoms with E-state index in [0.717, 1.165) is 21.9 Å². The fraction of sp³-hybridized carbons (Fsp3) is 0.0435. The average molecular weight is 387 g/mol. The van der Waals surface area contributed by atoms with Crippen LogP contribution in [0.2, 0.25) is 0 Å². The lowest BCUT2D eigenvalue weighted by Crippen LogP contribution is -2.15. The molecule has 0 aliphatic heterocycles. The van der Waals surface area contributed by atoms with Gasteiger partial charge in [0.2, 0.25) is 5.91 Å². The van der Waals surface area contributed by atoms with Gasteiger partial charge in [0.15, 0.2) is 0 Å². The molecule has 138 valence electrons. The van der Waals surface area contributed by atoms with E-state index < -0.39 is 5.97 Å². The molecule has 1 heterocycles. The highest BCUT2D eigenvalue weighted by Gasteiger charge is 2.21. The maximum atomic E-state index is 12.6. The van der Waals surface area contributed by atoms with Gasteiger partial charge in [0.25, 0.3) is 0 Å². The predicted octanol–water partition coefficient (Wildman–Crippen LogP) is 5.45. The summed E-state index contributed by atoms with van der Waals surface area (Å²) in [5.74, 6) is -1.29. The molecule has 4 nitrogen and oxygen atoms in total. The van der Waals surface area contributed by atoms with Crippen LogP contribution in [0.1, 0.15) is 15.9 Å². The highest BCUT2D eigenvalue weighted by atomic mass is 32.1. The van der Waals surface area contributed by atoms with Crippen LogP contribution in [0, 0.1) is 0 Å². The fourth-order valence-electron chi connectivity index (χ4n) is 3.28. The number of amides is 1. The number of anilines is 1. The van der Waals surface area contributed by atoms with Gasteiger partial charge in [0, 0.05) is 10.9 Å². The molecular weight excluding hydrogens is 370 g/mol. The number of carbonyl (C=O) groups excluding carboxylic acids is 1. The van der Waals surface area contributed by atoms with Crippen LogP contribution in [0.5, 0.6) is 0 Å². The molecule has 0 aliphatic rings. The zero-order valence-corrected chi connectivity index (χ0v) is 15.7. The first kappa shape index (κ1) is 17.9. The lowest BCUT2D eigenvalue weighted by atomic mass is 10.0. The Labute approximate surface area is 166 Å². The van der Waals surface area contributed by atoms with Crippen molar-refractivity contribution in [2.75, 3.05) is 5.32 Å². The predicted molar refractivity (Wildman–Crippen MR) is 113 cm³/mol. The highest BCUT2D eigenvalue weighted by molar-refractivity contribution is 7.15.